The summed E-state index contributed by atoms with van der Waals surface area (Å²) in [6, 6.07) is 4.89. The van der Waals surface area contributed by atoms with Crippen molar-refractivity contribution in [3.05, 3.63) is 34.3 Å². The predicted molar refractivity (Wildman–Crippen MR) is 53.8 cm³/mol. The molecule has 0 heterocycles. The van der Waals surface area contributed by atoms with Gasteiger partial charge in [0.1, 0.15) is 0 Å². The van der Waals surface area contributed by atoms with E-state index in [9.17, 15) is 4.79 Å². The number of benzene rings is 1. The Morgan fingerprint density at radius 2 is 2.36 bits per heavy atom. The molecule has 4 nitrogen and oxygen atoms in total. The maximum Gasteiger partial charge on any atom is 0.248 e. The first-order valence-electron chi connectivity index (χ1n) is 3.99. The van der Waals surface area contributed by atoms with E-state index in [-0.39, 0.29) is 0 Å². The lowest BCUT2D eigenvalue weighted by Gasteiger charge is -2.05. The zero-order chi connectivity index (χ0) is 10.6. The Labute approximate surface area is 86.9 Å². The Balaban J connectivity index is 2.84. The minimum absolute atomic E-state index is 0.399. The largest absolute Gasteiger partial charge is 0.366 e. The molecule has 5 heteroatoms. The van der Waals surface area contributed by atoms with Gasteiger partial charge in [0, 0.05) is 17.1 Å². The number of rotatable bonds is 4. The first kappa shape index (κ1) is 11.0. The topological polar surface area (TPSA) is 64.3 Å². The Hall–Kier alpha value is -1.10. The van der Waals surface area contributed by atoms with Crippen LogP contribution in [0.1, 0.15) is 15.9 Å². The molecule has 76 valence electrons. The quantitative estimate of drug-likeness (QED) is 0.738. The minimum atomic E-state index is -0.488. The second-order valence-corrected chi connectivity index (χ2v) is 3.10. The Morgan fingerprint density at radius 1 is 1.64 bits per heavy atom. The molecule has 14 heavy (non-hydrogen) atoms. The normalized spacial score (nSPS) is 10.1. The molecule has 0 bridgehead atoms. The van der Waals surface area contributed by atoms with Crippen LogP contribution in [0.5, 0.6) is 0 Å². The number of primary amides is 1. The highest BCUT2D eigenvalue weighted by molar-refractivity contribution is 6.31. The average molecular weight is 215 g/mol. The molecule has 0 saturated heterocycles. The number of hydrogen-bond donors (Lipinski definition) is 2. The van der Waals surface area contributed by atoms with Crippen LogP contribution in [0.4, 0.5) is 0 Å². The molecule has 0 aliphatic heterocycles. The highest BCUT2D eigenvalue weighted by atomic mass is 35.5. The first-order chi connectivity index (χ1) is 6.65. The maximum atomic E-state index is 10.8. The van der Waals surface area contributed by atoms with Gasteiger partial charge in [-0.3, -0.25) is 4.79 Å². The maximum absolute atomic E-state index is 10.8. The Bertz CT molecular complexity index is 342. The number of hydroxylamine groups is 1. The molecule has 0 aliphatic rings. The molecule has 0 saturated carbocycles. The van der Waals surface area contributed by atoms with E-state index in [0.717, 1.165) is 5.56 Å². The van der Waals surface area contributed by atoms with Crippen LogP contribution in [0.3, 0.4) is 0 Å². The van der Waals surface area contributed by atoms with Crippen molar-refractivity contribution in [3.8, 4) is 0 Å². The average Bonchev–Trinajstić information content (AvgIpc) is 2.15. The van der Waals surface area contributed by atoms with Crippen molar-refractivity contribution < 1.29 is 9.63 Å². The summed E-state index contributed by atoms with van der Waals surface area (Å²) in [6.07, 6.45) is 0. The van der Waals surface area contributed by atoms with Crippen LogP contribution < -0.4 is 11.2 Å². The molecule has 0 spiro atoms. The van der Waals surface area contributed by atoms with E-state index >= 15 is 0 Å². The van der Waals surface area contributed by atoms with Crippen LogP contribution in [0, 0.1) is 0 Å². The summed E-state index contributed by atoms with van der Waals surface area (Å²) >= 11 is 5.91. The van der Waals surface area contributed by atoms with E-state index in [1.54, 1.807) is 12.1 Å². The minimum Gasteiger partial charge on any atom is -0.366 e. The number of nitrogens with two attached hydrogens (primary N) is 1. The molecule has 1 amide bonds. The van der Waals surface area contributed by atoms with Crippen molar-refractivity contribution in [1.82, 2.24) is 5.48 Å². The van der Waals surface area contributed by atoms with Crippen LogP contribution >= 0.6 is 11.6 Å². The highest BCUT2D eigenvalue weighted by Crippen LogP contribution is 2.17. The van der Waals surface area contributed by atoms with Crippen molar-refractivity contribution in [3.63, 3.8) is 0 Å². The van der Waals surface area contributed by atoms with Crippen LogP contribution in [0.25, 0.3) is 0 Å². The van der Waals surface area contributed by atoms with Gasteiger partial charge in [-0.2, -0.15) is 5.48 Å². The van der Waals surface area contributed by atoms with E-state index in [2.05, 4.69) is 10.3 Å². The molecule has 0 aliphatic carbocycles. The number of nitrogens with one attached hydrogen (secondary N) is 1. The number of halogens is 1. The third-order valence-electron chi connectivity index (χ3n) is 1.74. The predicted octanol–water partition coefficient (Wildman–Crippen LogP) is 1.09. The smallest absolute Gasteiger partial charge is 0.248 e. The number of carbonyl (C=O) groups excluding carboxylic acids is 1. The van der Waals surface area contributed by atoms with Crippen molar-refractivity contribution in [2.75, 3.05) is 7.11 Å². The second kappa shape index (κ2) is 4.95. The molecule has 0 unspecified atom stereocenters. The lowest BCUT2D eigenvalue weighted by atomic mass is 10.1. The van der Waals surface area contributed by atoms with Gasteiger partial charge >= 0.3 is 0 Å². The molecule has 0 fully saturated rings. The monoisotopic (exact) mass is 214 g/mol. The molecule has 0 radical (unpaired) electrons. The van der Waals surface area contributed by atoms with E-state index < -0.39 is 5.91 Å². The second-order valence-electron chi connectivity index (χ2n) is 2.70. The summed E-state index contributed by atoms with van der Waals surface area (Å²) in [5.74, 6) is -0.488. The lowest BCUT2D eigenvalue weighted by molar-refractivity contribution is 0.0867. The van der Waals surface area contributed by atoms with Gasteiger partial charge in [0.2, 0.25) is 5.91 Å². The summed E-state index contributed by atoms with van der Waals surface area (Å²) in [6.45, 7) is 0.481. The summed E-state index contributed by atoms with van der Waals surface area (Å²) in [5.41, 5.74) is 8.99. The SMILES string of the molecule is CONCc1ccc(C(N)=O)cc1Cl. The third-order valence-corrected chi connectivity index (χ3v) is 2.10. The summed E-state index contributed by atoms with van der Waals surface area (Å²) in [4.78, 5) is 15.5. The highest BCUT2D eigenvalue weighted by Gasteiger charge is 2.04. The Morgan fingerprint density at radius 3 is 2.86 bits per heavy atom. The van der Waals surface area contributed by atoms with Crippen molar-refractivity contribution in [1.29, 1.82) is 0 Å². The van der Waals surface area contributed by atoms with Crippen molar-refractivity contribution in [2.45, 2.75) is 6.54 Å². The van der Waals surface area contributed by atoms with Gasteiger partial charge < -0.3 is 10.6 Å². The fourth-order valence-corrected chi connectivity index (χ4v) is 1.24. The molecular weight excluding hydrogens is 204 g/mol. The van der Waals surface area contributed by atoms with Gasteiger partial charge in [-0.15, -0.1) is 0 Å². The number of carbonyl (C=O) groups is 1. The van der Waals surface area contributed by atoms with Gasteiger partial charge in [-0.1, -0.05) is 17.7 Å². The van der Waals surface area contributed by atoms with E-state index in [4.69, 9.17) is 17.3 Å². The molecular formula is C9H11ClN2O2. The summed E-state index contributed by atoms with van der Waals surface area (Å²) < 4.78 is 0. The van der Waals surface area contributed by atoms with Crippen molar-refractivity contribution >= 4 is 17.5 Å². The van der Waals surface area contributed by atoms with E-state index in [1.807, 2.05) is 0 Å². The molecule has 1 aromatic rings. The molecule has 3 N–H and O–H groups in total. The van der Waals surface area contributed by atoms with Gasteiger partial charge in [-0.05, 0) is 17.7 Å². The molecule has 0 atom stereocenters. The van der Waals surface area contributed by atoms with Gasteiger partial charge in [0.25, 0.3) is 0 Å². The van der Waals surface area contributed by atoms with E-state index in [0.29, 0.717) is 17.1 Å². The summed E-state index contributed by atoms with van der Waals surface area (Å²) in [5, 5.41) is 0.492. The Kier molecular flexibility index (Phi) is 3.88. The third kappa shape index (κ3) is 2.70. The zero-order valence-electron chi connectivity index (χ0n) is 7.71. The van der Waals surface area contributed by atoms with Crippen LogP contribution in [0.2, 0.25) is 5.02 Å². The van der Waals surface area contributed by atoms with Crippen LogP contribution in [-0.4, -0.2) is 13.0 Å². The van der Waals surface area contributed by atoms with Gasteiger partial charge in [0.15, 0.2) is 0 Å². The lowest BCUT2D eigenvalue weighted by Crippen LogP contribution is -2.13. The van der Waals surface area contributed by atoms with Gasteiger partial charge in [0.05, 0.1) is 7.11 Å². The number of amides is 1. The van der Waals surface area contributed by atoms with E-state index in [1.165, 1.54) is 13.2 Å². The fourth-order valence-electron chi connectivity index (χ4n) is 0.994. The van der Waals surface area contributed by atoms with Gasteiger partial charge in [-0.25, -0.2) is 0 Å². The standard InChI is InChI=1S/C9H11ClN2O2/c1-14-12-5-7-3-2-6(9(11)13)4-8(7)10/h2-4,12H,5H2,1H3,(H2,11,13). The van der Waals surface area contributed by atoms with Crippen LogP contribution in [-0.2, 0) is 11.4 Å². The molecule has 1 aromatic carbocycles. The molecule has 0 aromatic heterocycles. The van der Waals surface area contributed by atoms with Crippen LogP contribution in [0.15, 0.2) is 18.2 Å². The zero-order valence-corrected chi connectivity index (χ0v) is 8.47. The molecule has 1 rings (SSSR count). The van der Waals surface area contributed by atoms with Crippen molar-refractivity contribution in [2.24, 2.45) is 5.73 Å². The fraction of sp³-hybridized carbons (Fsp3) is 0.222. The first-order valence-corrected chi connectivity index (χ1v) is 4.37. The number of hydrogen-bond acceptors (Lipinski definition) is 3. The summed E-state index contributed by atoms with van der Waals surface area (Å²) in [7, 11) is 1.52.